The zero-order valence-electron chi connectivity index (χ0n) is 17.4. The van der Waals surface area contributed by atoms with Crippen molar-refractivity contribution >= 4 is 5.82 Å². The lowest BCUT2D eigenvalue weighted by molar-refractivity contribution is 0.493. The molecule has 31 heavy (non-hydrogen) atoms. The van der Waals surface area contributed by atoms with E-state index in [9.17, 15) is 4.39 Å². The van der Waals surface area contributed by atoms with Crippen molar-refractivity contribution in [3.8, 4) is 22.4 Å². The van der Waals surface area contributed by atoms with Gasteiger partial charge in [0.1, 0.15) is 11.6 Å². The Balaban J connectivity index is 1.58. The summed E-state index contributed by atoms with van der Waals surface area (Å²) in [5.74, 6) is 0.722. The van der Waals surface area contributed by atoms with E-state index in [-0.39, 0.29) is 17.8 Å². The second-order valence-corrected chi connectivity index (χ2v) is 7.63. The second kappa shape index (κ2) is 9.49. The molecule has 0 bridgehead atoms. The Kier molecular flexibility index (Phi) is 6.34. The van der Waals surface area contributed by atoms with Gasteiger partial charge in [0, 0.05) is 36.1 Å². The summed E-state index contributed by atoms with van der Waals surface area (Å²) in [6.07, 6.45) is 3.49. The summed E-state index contributed by atoms with van der Waals surface area (Å²) < 4.78 is 13.4. The zero-order valence-corrected chi connectivity index (χ0v) is 17.4. The van der Waals surface area contributed by atoms with Crippen molar-refractivity contribution < 1.29 is 4.39 Å². The molecule has 2 heterocycles. The van der Waals surface area contributed by atoms with Gasteiger partial charge >= 0.3 is 0 Å². The Morgan fingerprint density at radius 3 is 2.29 bits per heavy atom. The Morgan fingerprint density at radius 2 is 1.58 bits per heavy atom. The van der Waals surface area contributed by atoms with E-state index in [2.05, 4.69) is 29.4 Å². The predicted octanol–water partition coefficient (Wildman–Crippen LogP) is 5.70. The molecular weight excluding hydrogens is 387 g/mol. The van der Waals surface area contributed by atoms with Gasteiger partial charge in [0.05, 0.1) is 5.69 Å². The molecule has 4 rings (SSSR count). The van der Waals surface area contributed by atoms with Crippen LogP contribution in [0.2, 0.25) is 0 Å². The molecule has 156 valence electrons. The molecule has 0 amide bonds. The Hall–Kier alpha value is -3.57. The minimum Gasteiger partial charge on any atom is -0.370 e. The van der Waals surface area contributed by atoms with Crippen LogP contribution in [0.1, 0.15) is 18.5 Å². The van der Waals surface area contributed by atoms with Crippen LogP contribution in [-0.4, -0.2) is 16.5 Å². The maximum atomic E-state index is 13.4. The highest BCUT2D eigenvalue weighted by Crippen LogP contribution is 2.32. The van der Waals surface area contributed by atoms with Crippen molar-refractivity contribution in [3.63, 3.8) is 0 Å². The van der Waals surface area contributed by atoms with Crippen LogP contribution in [0.25, 0.3) is 22.4 Å². The minimum atomic E-state index is -0.260. The van der Waals surface area contributed by atoms with Crippen LogP contribution in [-0.2, 0) is 0 Å². The summed E-state index contributed by atoms with van der Waals surface area (Å²) in [7, 11) is 0. The largest absolute Gasteiger partial charge is 0.370 e. The summed E-state index contributed by atoms with van der Waals surface area (Å²) in [5.41, 5.74) is 11.2. The molecule has 4 aromatic rings. The molecule has 0 saturated heterocycles. The highest BCUT2D eigenvalue weighted by molar-refractivity contribution is 5.81. The van der Waals surface area contributed by atoms with Gasteiger partial charge in [0.25, 0.3) is 0 Å². The van der Waals surface area contributed by atoms with Crippen molar-refractivity contribution in [2.45, 2.75) is 13.0 Å². The lowest BCUT2D eigenvalue weighted by Gasteiger charge is -2.21. The van der Waals surface area contributed by atoms with E-state index in [1.54, 1.807) is 24.5 Å². The Bertz CT molecular complexity index is 1120. The van der Waals surface area contributed by atoms with E-state index in [0.29, 0.717) is 6.54 Å². The normalized spacial score (nSPS) is 12.9. The highest BCUT2D eigenvalue weighted by Gasteiger charge is 2.16. The van der Waals surface area contributed by atoms with Crippen LogP contribution in [0.4, 0.5) is 10.2 Å². The van der Waals surface area contributed by atoms with Gasteiger partial charge in [-0.25, -0.2) is 9.37 Å². The number of halogens is 1. The first-order valence-corrected chi connectivity index (χ1v) is 10.3. The van der Waals surface area contributed by atoms with Crippen LogP contribution in [0, 0.1) is 11.7 Å². The molecular formula is C26H25FN4. The fourth-order valence-corrected chi connectivity index (χ4v) is 3.55. The van der Waals surface area contributed by atoms with Crippen molar-refractivity contribution in [2.24, 2.45) is 11.7 Å². The molecule has 0 spiro atoms. The maximum absolute atomic E-state index is 13.4. The molecule has 2 atom stereocenters. The monoisotopic (exact) mass is 412 g/mol. The lowest BCUT2D eigenvalue weighted by atomic mass is 9.95. The molecule has 0 unspecified atom stereocenters. The first kappa shape index (κ1) is 20.7. The average molecular weight is 413 g/mol. The zero-order chi connectivity index (χ0) is 21.6. The van der Waals surface area contributed by atoms with Crippen LogP contribution in [0.15, 0.2) is 91.3 Å². The second-order valence-electron chi connectivity index (χ2n) is 7.63. The minimum absolute atomic E-state index is 0.0631. The number of benzene rings is 2. The third-order valence-corrected chi connectivity index (χ3v) is 5.41. The third-order valence-electron chi connectivity index (χ3n) is 5.41. The van der Waals surface area contributed by atoms with Gasteiger partial charge in [-0.2, -0.15) is 0 Å². The first-order chi connectivity index (χ1) is 15.1. The molecule has 3 N–H and O–H groups in total. The maximum Gasteiger partial charge on any atom is 0.126 e. The fourth-order valence-electron chi connectivity index (χ4n) is 3.55. The number of rotatable bonds is 7. The van der Waals surface area contributed by atoms with Gasteiger partial charge in [-0.3, -0.25) is 4.98 Å². The smallest absolute Gasteiger partial charge is 0.126 e. The number of nitrogens with zero attached hydrogens (tertiary/aromatic N) is 2. The summed E-state index contributed by atoms with van der Waals surface area (Å²) in [4.78, 5) is 8.98. The Morgan fingerprint density at radius 1 is 0.871 bits per heavy atom. The number of hydrogen-bond acceptors (Lipinski definition) is 4. The molecule has 4 nitrogen and oxygen atoms in total. The highest BCUT2D eigenvalue weighted by atomic mass is 19.1. The van der Waals surface area contributed by atoms with E-state index < -0.39 is 0 Å². The van der Waals surface area contributed by atoms with Gasteiger partial charge in [-0.15, -0.1) is 0 Å². The van der Waals surface area contributed by atoms with Gasteiger partial charge in [-0.1, -0.05) is 49.4 Å². The van der Waals surface area contributed by atoms with Crippen LogP contribution < -0.4 is 11.1 Å². The lowest BCUT2D eigenvalue weighted by Crippen LogP contribution is -2.25. The van der Waals surface area contributed by atoms with Gasteiger partial charge in [0.15, 0.2) is 0 Å². The van der Waals surface area contributed by atoms with Crippen molar-refractivity contribution in [3.05, 3.63) is 103 Å². The van der Waals surface area contributed by atoms with E-state index in [4.69, 9.17) is 10.7 Å². The summed E-state index contributed by atoms with van der Waals surface area (Å²) in [5, 5.41) is 3.43. The van der Waals surface area contributed by atoms with E-state index in [1.165, 1.54) is 12.1 Å². The Labute approximate surface area is 182 Å². The standard InChI is InChI=1S/C26H25FN4/c1-18(25(28)20-5-3-2-4-6-20)17-30-24-12-11-23(19-7-9-22(27)10-8-19)26(31-24)21-13-15-29-16-14-21/h2-16,18,25H,17,28H2,1H3,(H,30,31)/t18-,25-/m0/s1. The predicted molar refractivity (Wildman–Crippen MR) is 124 cm³/mol. The van der Waals surface area contributed by atoms with E-state index in [0.717, 1.165) is 33.8 Å². The van der Waals surface area contributed by atoms with E-state index in [1.807, 2.05) is 42.5 Å². The molecule has 0 aliphatic rings. The fraction of sp³-hybridized carbons (Fsp3) is 0.154. The molecule has 5 heteroatoms. The molecule has 0 fully saturated rings. The first-order valence-electron chi connectivity index (χ1n) is 10.3. The number of nitrogens with two attached hydrogens (primary N) is 1. The topological polar surface area (TPSA) is 63.8 Å². The number of anilines is 1. The number of pyridine rings is 2. The van der Waals surface area contributed by atoms with Gasteiger partial charge < -0.3 is 11.1 Å². The van der Waals surface area contributed by atoms with E-state index >= 15 is 0 Å². The molecule has 2 aromatic heterocycles. The molecule has 0 aliphatic heterocycles. The molecule has 2 aromatic carbocycles. The molecule has 0 aliphatic carbocycles. The number of aromatic nitrogens is 2. The number of hydrogen-bond donors (Lipinski definition) is 2. The summed E-state index contributed by atoms with van der Waals surface area (Å²) in [6.45, 7) is 2.82. The summed E-state index contributed by atoms with van der Waals surface area (Å²) >= 11 is 0. The van der Waals surface area contributed by atoms with Crippen molar-refractivity contribution in [1.29, 1.82) is 0 Å². The average Bonchev–Trinajstić information content (AvgIpc) is 2.83. The molecule has 0 radical (unpaired) electrons. The van der Waals surface area contributed by atoms with Gasteiger partial charge in [0.2, 0.25) is 0 Å². The van der Waals surface area contributed by atoms with Crippen molar-refractivity contribution in [2.75, 3.05) is 11.9 Å². The van der Waals surface area contributed by atoms with Crippen LogP contribution >= 0.6 is 0 Å². The third kappa shape index (κ3) is 4.95. The van der Waals surface area contributed by atoms with Crippen LogP contribution in [0.5, 0.6) is 0 Å². The summed E-state index contributed by atoms with van der Waals surface area (Å²) in [6, 6.07) is 24.3. The van der Waals surface area contributed by atoms with Gasteiger partial charge in [-0.05, 0) is 53.4 Å². The molecule has 0 saturated carbocycles. The van der Waals surface area contributed by atoms with Crippen LogP contribution in [0.3, 0.4) is 0 Å². The quantitative estimate of drug-likeness (QED) is 0.409. The van der Waals surface area contributed by atoms with Crippen molar-refractivity contribution in [1.82, 2.24) is 9.97 Å². The SMILES string of the molecule is C[C@@H](CNc1ccc(-c2ccc(F)cc2)c(-c2ccncc2)n1)[C@H](N)c1ccccc1. The number of nitrogens with one attached hydrogen (secondary N) is 1.